The number of benzene rings is 2. The molecule has 7 nitrogen and oxygen atoms in total. The molecule has 1 unspecified atom stereocenters. The van der Waals surface area contributed by atoms with Crippen LogP contribution in [0.15, 0.2) is 47.4 Å². The quantitative estimate of drug-likeness (QED) is 0.745. The van der Waals surface area contributed by atoms with Gasteiger partial charge in [-0.2, -0.15) is 0 Å². The molecule has 2 amide bonds. The van der Waals surface area contributed by atoms with Crippen molar-refractivity contribution in [2.45, 2.75) is 30.2 Å². The summed E-state index contributed by atoms with van der Waals surface area (Å²) in [5.74, 6) is -2.46. The number of ether oxygens (including phenoxy) is 1. The van der Waals surface area contributed by atoms with Gasteiger partial charge in [0, 0.05) is 12.1 Å². The molecule has 10 heteroatoms. The Morgan fingerprint density at radius 1 is 1.17 bits per heavy atom. The SMILES string of the molecule is COc1ccc(S(=O)(=O)NC(=O)C2(C)CCN2C(=O)Cc2cc(F)ccc2F)cc1. The molecule has 0 saturated carbocycles. The molecule has 0 spiro atoms. The van der Waals surface area contributed by atoms with E-state index in [1.54, 1.807) is 0 Å². The molecule has 1 atom stereocenters. The van der Waals surface area contributed by atoms with Crippen molar-refractivity contribution in [1.82, 2.24) is 9.62 Å². The van der Waals surface area contributed by atoms with E-state index in [9.17, 15) is 26.8 Å². The van der Waals surface area contributed by atoms with Crippen molar-refractivity contribution < 1.29 is 31.5 Å². The Morgan fingerprint density at radius 2 is 1.83 bits per heavy atom. The predicted octanol–water partition coefficient (Wildman–Crippen LogP) is 2.01. The molecule has 2 aromatic carbocycles. The van der Waals surface area contributed by atoms with Crippen molar-refractivity contribution >= 4 is 21.8 Å². The van der Waals surface area contributed by atoms with Crippen LogP contribution >= 0.6 is 0 Å². The maximum atomic E-state index is 13.8. The lowest BCUT2D eigenvalue weighted by atomic mass is 9.85. The minimum Gasteiger partial charge on any atom is -0.497 e. The van der Waals surface area contributed by atoms with E-state index in [1.165, 1.54) is 38.3 Å². The van der Waals surface area contributed by atoms with Crippen LogP contribution in [0, 0.1) is 11.6 Å². The summed E-state index contributed by atoms with van der Waals surface area (Å²) < 4.78 is 59.1. The smallest absolute Gasteiger partial charge is 0.264 e. The molecule has 1 aliphatic heterocycles. The maximum absolute atomic E-state index is 13.8. The molecular formula is C20H20F2N2O5S. The number of nitrogens with zero attached hydrogens (tertiary/aromatic N) is 1. The number of sulfonamides is 1. The van der Waals surface area contributed by atoms with Crippen LogP contribution in [0.1, 0.15) is 18.9 Å². The molecule has 0 aromatic heterocycles. The number of rotatable bonds is 6. The first kappa shape index (κ1) is 21.7. The van der Waals surface area contributed by atoms with Crippen molar-refractivity contribution in [2.24, 2.45) is 0 Å². The highest BCUT2D eigenvalue weighted by Crippen LogP contribution is 2.32. The second-order valence-corrected chi connectivity index (χ2v) is 8.77. The predicted molar refractivity (Wildman–Crippen MR) is 103 cm³/mol. The Balaban J connectivity index is 1.73. The number of carbonyl (C=O) groups is 2. The topological polar surface area (TPSA) is 92.8 Å². The van der Waals surface area contributed by atoms with Crippen LogP contribution in [-0.4, -0.2) is 44.3 Å². The summed E-state index contributed by atoms with van der Waals surface area (Å²) in [6.45, 7) is 1.62. The molecule has 0 aliphatic carbocycles. The Labute approximate surface area is 172 Å². The molecule has 1 N–H and O–H groups in total. The van der Waals surface area contributed by atoms with Crippen molar-refractivity contribution in [2.75, 3.05) is 13.7 Å². The summed E-state index contributed by atoms with van der Waals surface area (Å²) >= 11 is 0. The Bertz CT molecular complexity index is 1090. The second kappa shape index (κ2) is 8.02. The van der Waals surface area contributed by atoms with E-state index in [1.807, 2.05) is 4.72 Å². The van der Waals surface area contributed by atoms with Gasteiger partial charge in [0.2, 0.25) is 5.91 Å². The lowest BCUT2D eigenvalue weighted by Gasteiger charge is -2.49. The van der Waals surface area contributed by atoms with E-state index in [2.05, 4.69) is 0 Å². The van der Waals surface area contributed by atoms with Gasteiger partial charge in [0.25, 0.3) is 15.9 Å². The first-order valence-electron chi connectivity index (χ1n) is 9.02. The van der Waals surface area contributed by atoms with Gasteiger partial charge >= 0.3 is 0 Å². The van der Waals surface area contributed by atoms with E-state index >= 15 is 0 Å². The molecule has 160 valence electrons. The standard InChI is InChI=1S/C20H20F2N2O5S/c1-20(19(26)23-30(27,28)16-6-4-15(29-2)5-7-16)9-10-24(20)18(25)12-13-11-14(21)3-8-17(13)22/h3-8,11H,9-10,12H2,1-2H3,(H,23,26). The fraction of sp³-hybridized carbons (Fsp3) is 0.300. The number of amides is 2. The lowest BCUT2D eigenvalue weighted by Crippen LogP contribution is -2.68. The number of likely N-dealkylation sites (tertiary alicyclic amines) is 1. The zero-order valence-electron chi connectivity index (χ0n) is 16.3. The molecule has 2 aromatic rings. The van der Waals surface area contributed by atoms with Gasteiger partial charge in [-0.25, -0.2) is 21.9 Å². The van der Waals surface area contributed by atoms with Gasteiger partial charge in [-0.05, 0) is 55.8 Å². The summed E-state index contributed by atoms with van der Waals surface area (Å²) in [7, 11) is -2.73. The van der Waals surface area contributed by atoms with Crippen LogP contribution in [0.3, 0.4) is 0 Å². The highest BCUT2D eigenvalue weighted by Gasteiger charge is 2.50. The summed E-state index contributed by atoms with van der Waals surface area (Å²) in [6.07, 6.45) is -0.216. The van der Waals surface area contributed by atoms with E-state index in [4.69, 9.17) is 4.74 Å². The van der Waals surface area contributed by atoms with Gasteiger partial charge < -0.3 is 9.64 Å². The summed E-state index contributed by atoms with van der Waals surface area (Å²) in [4.78, 5) is 26.3. The monoisotopic (exact) mass is 438 g/mol. The Hall–Kier alpha value is -3.01. The maximum Gasteiger partial charge on any atom is 0.264 e. The largest absolute Gasteiger partial charge is 0.497 e. The normalized spacial score (nSPS) is 18.5. The average Bonchev–Trinajstić information content (AvgIpc) is 2.68. The molecule has 3 rings (SSSR count). The van der Waals surface area contributed by atoms with E-state index in [-0.39, 0.29) is 23.4 Å². The summed E-state index contributed by atoms with van der Waals surface area (Å²) in [5, 5.41) is 0. The van der Waals surface area contributed by atoms with Crippen molar-refractivity contribution in [3.8, 4) is 5.75 Å². The molecule has 0 radical (unpaired) electrons. The average molecular weight is 438 g/mol. The third-order valence-electron chi connectivity index (χ3n) is 5.15. The number of hydrogen-bond donors (Lipinski definition) is 1. The fourth-order valence-corrected chi connectivity index (χ4v) is 4.25. The molecule has 30 heavy (non-hydrogen) atoms. The van der Waals surface area contributed by atoms with Crippen LogP contribution in [0.4, 0.5) is 8.78 Å². The molecule has 1 saturated heterocycles. The summed E-state index contributed by atoms with van der Waals surface area (Å²) in [5.41, 5.74) is -1.55. The van der Waals surface area contributed by atoms with Crippen molar-refractivity contribution in [3.63, 3.8) is 0 Å². The van der Waals surface area contributed by atoms with Crippen LogP contribution in [0.2, 0.25) is 0 Å². The van der Waals surface area contributed by atoms with Crippen LogP contribution in [0.25, 0.3) is 0 Å². The third-order valence-corrected chi connectivity index (χ3v) is 6.50. The molecule has 1 aliphatic rings. The Morgan fingerprint density at radius 3 is 2.40 bits per heavy atom. The third kappa shape index (κ3) is 4.13. The van der Waals surface area contributed by atoms with E-state index < -0.39 is 45.4 Å². The first-order valence-corrected chi connectivity index (χ1v) is 10.5. The second-order valence-electron chi connectivity index (χ2n) is 7.09. The zero-order chi connectivity index (χ0) is 22.1. The van der Waals surface area contributed by atoms with Crippen molar-refractivity contribution in [3.05, 3.63) is 59.7 Å². The summed E-state index contributed by atoms with van der Waals surface area (Å²) in [6, 6.07) is 8.22. The van der Waals surface area contributed by atoms with E-state index in [0.717, 1.165) is 23.1 Å². The number of methoxy groups -OCH3 is 1. The molecule has 1 heterocycles. The van der Waals surface area contributed by atoms with Gasteiger partial charge in [-0.1, -0.05) is 0 Å². The highest BCUT2D eigenvalue weighted by molar-refractivity contribution is 7.90. The molecular weight excluding hydrogens is 418 g/mol. The minimum absolute atomic E-state index is 0.138. The van der Waals surface area contributed by atoms with Crippen molar-refractivity contribution in [1.29, 1.82) is 0 Å². The highest BCUT2D eigenvalue weighted by atomic mass is 32.2. The number of nitrogens with one attached hydrogen (secondary N) is 1. The van der Waals surface area contributed by atoms with E-state index in [0.29, 0.717) is 5.75 Å². The van der Waals surface area contributed by atoms with Gasteiger partial charge in [-0.15, -0.1) is 0 Å². The zero-order valence-corrected chi connectivity index (χ0v) is 17.1. The molecule has 0 bridgehead atoms. The van der Waals surface area contributed by atoms with Gasteiger partial charge in [0.15, 0.2) is 0 Å². The van der Waals surface area contributed by atoms with Gasteiger partial charge in [0.1, 0.15) is 22.9 Å². The first-order chi connectivity index (χ1) is 14.1. The van der Waals surface area contributed by atoms with Crippen LogP contribution in [0.5, 0.6) is 5.75 Å². The van der Waals surface area contributed by atoms with Gasteiger partial charge in [0.05, 0.1) is 18.4 Å². The minimum atomic E-state index is -4.17. The lowest BCUT2D eigenvalue weighted by molar-refractivity contribution is -0.156. The Kier molecular flexibility index (Phi) is 5.80. The molecule has 1 fully saturated rings. The number of carbonyl (C=O) groups excluding carboxylic acids is 2. The number of hydrogen-bond acceptors (Lipinski definition) is 5. The number of halogens is 2. The van der Waals surface area contributed by atoms with Gasteiger partial charge in [-0.3, -0.25) is 9.59 Å². The van der Waals surface area contributed by atoms with Crippen LogP contribution in [-0.2, 0) is 26.0 Å². The van der Waals surface area contributed by atoms with Crippen LogP contribution < -0.4 is 9.46 Å². The fourth-order valence-electron chi connectivity index (χ4n) is 3.18.